The summed E-state index contributed by atoms with van der Waals surface area (Å²) in [4.78, 5) is 41.8. The smallest absolute Gasteiger partial charge is 0.343 e. The average Bonchev–Trinajstić information content (AvgIpc) is 3.19. The Bertz CT molecular complexity index is 1560. The molecule has 2 N–H and O–H groups in total. The quantitative estimate of drug-likeness (QED) is 0.359. The summed E-state index contributed by atoms with van der Waals surface area (Å²) in [5.41, 5.74) is 0.854. The summed E-state index contributed by atoms with van der Waals surface area (Å²) in [6.45, 7) is 1.64. The minimum Gasteiger partial charge on any atom is -0.490 e. The van der Waals surface area contributed by atoms with Crippen LogP contribution in [0.15, 0.2) is 48.6 Å². The van der Waals surface area contributed by atoms with Crippen molar-refractivity contribution in [2.75, 3.05) is 51.9 Å². The Balaban J connectivity index is 1.45. The Morgan fingerprint density at radius 2 is 2.00 bits per heavy atom. The Kier molecular flexibility index (Phi) is 9.56. The van der Waals surface area contributed by atoms with Crippen LogP contribution in [0, 0.1) is 11.8 Å². The molecule has 11 heteroatoms. The van der Waals surface area contributed by atoms with E-state index in [-0.39, 0.29) is 28.9 Å². The second-order valence-corrected chi connectivity index (χ2v) is 14.0. The van der Waals surface area contributed by atoms with Crippen molar-refractivity contribution in [3.8, 4) is 5.75 Å². The van der Waals surface area contributed by atoms with E-state index < -0.39 is 36.5 Å². The van der Waals surface area contributed by atoms with Gasteiger partial charge in [0.1, 0.15) is 12.4 Å². The molecule has 0 aromatic heterocycles. The highest BCUT2D eigenvalue weighted by Crippen LogP contribution is 2.48. The summed E-state index contributed by atoms with van der Waals surface area (Å²) in [7, 11) is 2.83. The van der Waals surface area contributed by atoms with Crippen molar-refractivity contribution in [1.82, 2.24) is 4.90 Å². The van der Waals surface area contributed by atoms with Gasteiger partial charge in [0.15, 0.2) is 5.60 Å². The van der Waals surface area contributed by atoms with Crippen LogP contribution in [0.4, 0.5) is 5.69 Å². The second-order valence-electron chi connectivity index (χ2n) is 13.5. The van der Waals surface area contributed by atoms with Gasteiger partial charge >= 0.3 is 11.9 Å². The first-order chi connectivity index (χ1) is 22.5. The third kappa shape index (κ3) is 6.60. The van der Waals surface area contributed by atoms with Gasteiger partial charge in [0.05, 0.1) is 31.9 Å². The van der Waals surface area contributed by atoms with Gasteiger partial charge in [0.25, 0.3) is 0 Å². The number of fused-ring (bicyclic) bond motifs is 4. The van der Waals surface area contributed by atoms with Gasteiger partial charge in [-0.3, -0.25) is 4.79 Å². The van der Waals surface area contributed by atoms with E-state index in [1.807, 2.05) is 24.3 Å². The maximum Gasteiger partial charge on any atom is 0.343 e. The summed E-state index contributed by atoms with van der Waals surface area (Å²) in [6.07, 6.45) is 8.12. The number of carbonyl (C=O) groups is 3. The highest BCUT2D eigenvalue weighted by Gasteiger charge is 2.47. The SMILES string of the molecule is COC(=O)[C@@]1(O)CC(=O)N(C)CC/C=C/[C@H](OCC(=O)O)[C@@H]2CC[C@H]2CN2C[C@@]3(CCCc4cc(Cl)ccc43)COc3ccc1cc32. The number of hydrogen-bond acceptors (Lipinski definition) is 8. The number of anilines is 1. The number of nitrogens with zero attached hydrogens (tertiary/aromatic N) is 2. The van der Waals surface area contributed by atoms with Crippen LogP contribution in [-0.4, -0.2) is 86.1 Å². The van der Waals surface area contributed by atoms with Crippen molar-refractivity contribution in [2.45, 2.75) is 62.1 Å². The van der Waals surface area contributed by atoms with Gasteiger partial charge in [0, 0.05) is 37.1 Å². The molecule has 2 heterocycles. The molecular weight excluding hydrogens is 624 g/mol. The third-order valence-electron chi connectivity index (χ3n) is 10.6. The first kappa shape index (κ1) is 33.3. The third-order valence-corrected chi connectivity index (χ3v) is 10.8. The molecule has 1 saturated carbocycles. The van der Waals surface area contributed by atoms with Crippen molar-refractivity contribution in [1.29, 1.82) is 0 Å². The second kappa shape index (κ2) is 13.5. The summed E-state index contributed by atoms with van der Waals surface area (Å²) >= 11 is 6.42. The number of hydrogen-bond donors (Lipinski definition) is 2. The van der Waals surface area contributed by atoms with Gasteiger partial charge in [-0.05, 0) is 91.3 Å². The zero-order chi connectivity index (χ0) is 33.3. The van der Waals surface area contributed by atoms with Crippen molar-refractivity contribution >= 4 is 35.1 Å². The van der Waals surface area contributed by atoms with Crippen molar-refractivity contribution in [3.05, 3.63) is 70.3 Å². The average molecular weight is 667 g/mol. The van der Waals surface area contributed by atoms with Gasteiger partial charge in [-0.25, -0.2) is 9.59 Å². The molecule has 0 unspecified atom stereocenters. The Hall–Kier alpha value is -3.60. The lowest BCUT2D eigenvalue weighted by atomic mass is 9.68. The van der Waals surface area contributed by atoms with Gasteiger partial charge in [-0.1, -0.05) is 35.9 Å². The standard InChI is InChI=1S/C36H43ClN2O8/c1-38-15-4-3-7-30(46-20-33(41)42)27-11-8-24(27)19-39-21-35(14-5-6-23-16-26(37)10-12-28(23)35)22-47-31-13-9-25(17-29(31)39)36(44,18-32(38)40)34(43)45-2/h3,7,9-10,12-13,16-17,24,27,30,44H,4-6,8,11,14-15,18-22H2,1-2H3,(H,41,42)/b7-3+/t24-,27+,30-,35-,36+/m0/s1. The number of amides is 1. The molecule has 47 heavy (non-hydrogen) atoms. The van der Waals surface area contributed by atoms with Crippen LogP contribution in [0.1, 0.15) is 55.2 Å². The number of rotatable bonds is 4. The molecule has 2 bridgehead atoms. The van der Waals surface area contributed by atoms with Crippen LogP contribution in [-0.2, 0) is 41.3 Å². The maximum absolute atomic E-state index is 13.4. The van der Waals surface area contributed by atoms with Crippen LogP contribution < -0.4 is 9.64 Å². The molecule has 4 aliphatic rings. The topological polar surface area (TPSA) is 126 Å². The van der Waals surface area contributed by atoms with E-state index in [1.54, 1.807) is 25.2 Å². The molecule has 5 atom stereocenters. The molecule has 2 aliphatic carbocycles. The number of aryl methyl sites for hydroxylation is 1. The van der Waals surface area contributed by atoms with E-state index >= 15 is 0 Å². The maximum atomic E-state index is 13.4. The lowest BCUT2D eigenvalue weighted by Gasteiger charge is -2.46. The molecular formula is C36H43ClN2O8. The van der Waals surface area contributed by atoms with Crippen molar-refractivity contribution < 1.29 is 38.8 Å². The van der Waals surface area contributed by atoms with Gasteiger partial charge in [-0.15, -0.1) is 0 Å². The molecule has 2 aromatic rings. The summed E-state index contributed by atoms with van der Waals surface area (Å²) in [5.74, 6) is -1.44. The van der Waals surface area contributed by atoms with E-state index in [0.717, 1.165) is 37.8 Å². The minimum absolute atomic E-state index is 0.0917. The molecule has 6 rings (SSSR count). The fourth-order valence-electron chi connectivity index (χ4n) is 7.84. The zero-order valence-corrected chi connectivity index (χ0v) is 27.7. The molecule has 10 nitrogen and oxygen atoms in total. The predicted octanol–water partition coefficient (Wildman–Crippen LogP) is 4.48. The van der Waals surface area contributed by atoms with Gasteiger partial charge < -0.3 is 34.2 Å². The number of carboxylic acids is 1. The Labute approximate surface area is 280 Å². The molecule has 1 fully saturated rings. The summed E-state index contributed by atoms with van der Waals surface area (Å²) in [5, 5.41) is 22.0. The molecule has 0 radical (unpaired) electrons. The van der Waals surface area contributed by atoms with Crippen LogP contribution in [0.3, 0.4) is 0 Å². The van der Waals surface area contributed by atoms with E-state index in [0.29, 0.717) is 43.4 Å². The Morgan fingerprint density at radius 3 is 2.74 bits per heavy atom. The zero-order valence-electron chi connectivity index (χ0n) is 27.0. The van der Waals surface area contributed by atoms with Crippen molar-refractivity contribution in [2.24, 2.45) is 11.8 Å². The molecule has 1 spiro atoms. The first-order valence-electron chi connectivity index (χ1n) is 16.4. The van der Waals surface area contributed by atoms with Crippen LogP contribution in [0.5, 0.6) is 5.75 Å². The highest BCUT2D eigenvalue weighted by molar-refractivity contribution is 6.30. The lowest BCUT2D eigenvalue weighted by molar-refractivity contribution is -0.168. The number of carbonyl (C=O) groups excluding carboxylic acids is 2. The lowest BCUT2D eigenvalue weighted by Crippen LogP contribution is -2.50. The van der Waals surface area contributed by atoms with E-state index in [1.165, 1.54) is 23.1 Å². The largest absolute Gasteiger partial charge is 0.490 e. The number of benzene rings is 2. The number of carboxylic acid groups (broad SMARTS) is 1. The van der Waals surface area contributed by atoms with Crippen molar-refractivity contribution in [3.63, 3.8) is 0 Å². The molecule has 1 amide bonds. The molecule has 2 aromatic carbocycles. The van der Waals surface area contributed by atoms with Gasteiger partial charge in [0.2, 0.25) is 5.91 Å². The summed E-state index contributed by atoms with van der Waals surface area (Å²) in [6, 6.07) is 11.3. The number of halogens is 1. The molecule has 2 aliphatic heterocycles. The number of aliphatic carboxylic acids is 1. The van der Waals surface area contributed by atoms with E-state index in [9.17, 15) is 24.6 Å². The highest BCUT2D eigenvalue weighted by atomic mass is 35.5. The number of methoxy groups -OCH3 is 1. The van der Waals surface area contributed by atoms with Crippen LogP contribution in [0.25, 0.3) is 0 Å². The number of ether oxygens (including phenoxy) is 3. The van der Waals surface area contributed by atoms with E-state index in [4.69, 9.17) is 25.8 Å². The fraction of sp³-hybridized carbons (Fsp3) is 0.528. The van der Waals surface area contributed by atoms with Crippen LogP contribution in [0.2, 0.25) is 5.02 Å². The fourth-order valence-corrected chi connectivity index (χ4v) is 8.03. The van der Waals surface area contributed by atoms with Crippen LogP contribution >= 0.6 is 11.6 Å². The Morgan fingerprint density at radius 1 is 1.17 bits per heavy atom. The van der Waals surface area contributed by atoms with Gasteiger partial charge in [-0.2, -0.15) is 0 Å². The summed E-state index contributed by atoms with van der Waals surface area (Å²) < 4.78 is 17.6. The predicted molar refractivity (Wildman–Crippen MR) is 176 cm³/mol. The van der Waals surface area contributed by atoms with E-state index in [2.05, 4.69) is 11.0 Å². The minimum atomic E-state index is -2.21. The molecule has 252 valence electrons. The number of aliphatic hydroxyl groups is 1. The first-order valence-corrected chi connectivity index (χ1v) is 16.8. The monoisotopic (exact) mass is 666 g/mol. The molecule has 0 saturated heterocycles. The normalized spacial score (nSPS) is 29.9. The number of esters is 1.